The molecular formula is C25H28N8O2. The van der Waals surface area contributed by atoms with Crippen molar-refractivity contribution in [3.63, 3.8) is 0 Å². The topological polar surface area (TPSA) is 137 Å². The highest BCUT2D eigenvalue weighted by Gasteiger charge is 2.09. The van der Waals surface area contributed by atoms with Crippen LogP contribution < -0.4 is 21.3 Å². The number of carbonyl (C=O) groups is 2. The lowest BCUT2D eigenvalue weighted by molar-refractivity contribution is -0.118. The third kappa shape index (κ3) is 6.53. The fourth-order valence-corrected chi connectivity index (χ4v) is 3.52. The van der Waals surface area contributed by atoms with Crippen LogP contribution in [0.2, 0.25) is 0 Å². The summed E-state index contributed by atoms with van der Waals surface area (Å²) in [5.74, 6) is 2.41. The summed E-state index contributed by atoms with van der Waals surface area (Å²) >= 11 is 0. The average molecular weight is 473 g/mol. The second-order valence-electron chi connectivity index (χ2n) is 7.97. The van der Waals surface area contributed by atoms with Gasteiger partial charge in [0, 0.05) is 50.3 Å². The lowest BCUT2D eigenvalue weighted by Crippen LogP contribution is -2.29. The zero-order valence-corrected chi connectivity index (χ0v) is 19.7. The Hall–Kier alpha value is -4.47. The van der Waals surface area contributed by atoms with E-state index in [4.69, 9.17) is 0 Å². The van der Waals surface area contributed by atoms with Gasteiger partial charge >= 0.3 is 0 Å². The number of imidazole rings is 1. The number of nitrogens with zero attached hydrogens (tertiary/aromatic N) is 3. The highest BCUT2D eigenvalue weighted by atomic mass is 16.2. The van der Waals surface area contributed by atoms with Gasteiger partial charge in [-0.25, -0.2) is 15.0 Å². The number of fused-ring (bicyclic) bond motifs is 1. The van der Waals surface area contributed by atoms with Crippen molar-refractivity contribution in [3.8, 4) is 11.4 Å². The Morgan fingerprint density at radius 2 is 1.51 bits per heavy atom. The first-order chi connectivity index (χ1) is 17.0. The molecule has 0 spiro atoms. The van der Waals surface area contributed by atoms with Crippen molar-refractivity contribution in [1.82, 2.24) is 30.6 Å². The summed E-state index contributed by atoms with van der Waals surface area (Å²) in [6.45, 7) is 5.27. The molecule has 10 heteroatoms. The third-order valence-electron chi connectivity index (χ3n) is 5.14. The van der Waals surface area contributed by atoms with Crippen molar-refractivity contribution in [2.75, 3.05) is 36.8 Å². The molecule has 0 radical (unpaired) electrons. The minimum Gasteiger partial charge on any atom is -0.368 e. The molecule has 0 unspecified atom stereocenters. The molecule has 4 rings (SSSR count). The normalized spacial score (nSPS) is 10.7. The van der Waals surface area contributed by atoms with E-state index in [1.165, 1.54) is 6.92 Å². The molecule has 5 N–H and O–H groups in total. The molecule has 0 saturated carbocycles. The van der Waals surface area contributed by atoms with Crippen molar-refractivity contribution in [2.24, 2.45) is 0 Å². The molecule has 4 aromatic rings. The van der Waals surface area contributed by atoms with Crippen LogP contribution >= 0.6 is 0 Å². The summed E-state index contributed by atoms with van der Waals surface area (Å²) in [5.41, 5.74) is 3.13. The molecule has 0 saturated heterocycles. The maximum atomic E-state index is 12.6. The van der Waals surface area contributed by atoms with Crippen LogP contribution in [-0.2, 0) is 4.79 Å². The number of nitrogens with one attached hydrogen (secondary N) is 5. The zero-order chi connectivity index (χ0) is 24.6. The van der Waals surface area contributed by atoms with E-state index in [1.807, 2.05) is 43.3 Å². The van der Waals surface area contributed by atoms with Gasteiger partial charge in [0.15, 0.2) is 5.82 Å². The molecule has 0 aliphatic rings. The largest absolute Gasteiger partial charge is 0.368 e. The van der Waals surface area contributed by atoms with Gasteiger partial charge in [-0.3, -0.25) is 9.59 Å². The molecule has 0 aliphatic heterocycles. The number of rotatable bonds is 10. The second-order valence-corrected chi connectivity index (χ2v) is 7.97. The molecule has 0 atom stereocenters. The van der Waals surface area contributed by atoms with Gasteiger partial charge in [-0.05, 0) is 25.1 Å². The summed E-state index contributed by atoms with van der Waals surface area (Å²) in [5, 5.41) is 12.1. The SMILES string of the molecule is CC(=O)NCCNc1cc(NCCNC(=O)c2ccc3nc(C)[nH]c3c2)nc(-c2ccccc2)n1. The maximum Gasteiger partial charge on any atom is 0.251 e. The van der Waals surface area contributed by atoms with Crippen LogP contribution in [-0.4, -0.2) is 57.9 Å². The summed E-state index contributed by atoms with van der Waals surface area (Å²) < 4.78 is 0. The molecule has 180 valence electrons. The summed E-state index contributed by atoms with van der Waals surface area (Å²) in [6.07, 6.45) is 0. The first-order valence-electron chi connectivity index (χ1n) is 11.4. The van der Waals surface area contributed by atoms with Crippen molar-refractivity contribution in [2.45, 2.75) is 13.8 Å². The van der Waals surface area contributed by atoms with Gasteiger partial charge in [0.2, 0.25) is 5.91 Å². The van der Waals surface area contributed by atoms with E-state index in [2.05, 4.69) is 41.2 Å². The molecule has 0 bridgehead atoms. The Bertz CT molecular complexity index is 1320. The number of aromatic amines is 1. The molecule has 10 nitrogen and oxygen atoms in total. The fourth-order valence-electron chi connectivity index (χ4n) is 3.52. The second kappa shape index (κ2) is 11.1. The summed E-state index contributed by atoms with van der Waals surface area (Å²) in [6, 6.07) is 16.9. The molecule has 35 heavy (non-hydrogen) atoms. The Balaban J connectivity index is 1.37. The van der Waals surface area contributed by atoms with E-state index in [1.54, 1.807) is 18.2 Å². The molecule has 2 aromatic carbocycles. The molecule has 0 fully saturated rings. The van der Waals surface area contributed by atoms with Crippen molar-refractivity contribution in [3.05, 3.63) is 66.0 Å². The molecule has 2 amide bonds. The lowest BCUT2D eigenvalue weighted by atomic mass is 10.2. The average Bonchev–Trinajstić information content (AvgIpc) is 3.24. The number of hydrogen-bond donors (Lipinski definition) is 5. The van der Waals surface area contributed by atoms with E-state index >= 15 is 0 Å². The van der Waals surface area contributed by atoms with Gasteiger partial charge in [0.1, 0.15) is 17.5 Å². The highest BCUT2D eigenvalue weighted by molar-refractivity contribution is 5.97. The minimum atomic E-state index is -0.158. The fraction of sp³-hybridized carbons (Fsp3) is 0.240. The maximum absolute atomic E-state index is 12.6. The van der Waals surface area contributed by atoms with Crippen LogP contribution in [0.25, 0.3) is 22.4 Å². The number of carbonyl (C=O) groups excluding carboxylic acids is 2. The van der Waals surface area contributed by atoms with Crippen LogP contribution in [0, 0.1) is 6.92 Å². The van der Waals surface area contributed by atoms with E-state index in [0.29, 0.717) is 49.2 Å². The number of amides is 2. The number of aryl methyl sites for hydroxylation is 1. The van der Waals surface area contributed by atoms with E-state index < -0.39 is 0 Å². The van der Waals surface area contributed by atoms with Crippen LogP contribution in [0.4, 0.5) is 11.6 Å². The first-order valence-corrected chi connectivity index (χ1v) is 11.4. The zero-order valence-electron chi connectivity index (χ0n) is 19.7. The van der Waals surface area contributed by atoms with Gasteiger partial charge in [-0.15, -0.1) is 0 Å². The van der Waals surface area contributed by atoms with Gasteiger partial charge in [0.25, 0.3) is 5.91 Å². The standard InChI is InChI=1S/C25H28N8O2/c1-16-30-20-9-8-19(14-21(20)31-16)25(35)29-13-12-28-23-15-22(27-11-10-26-17(2)34)32-24(33-23)18-6-4-3-5-7-18/h3-9,14-15H,10-13H2,1-2H3,(H,26,34)(H,29,35)(H,30,31)(H2,27,28,32,33). The molecular weight excluding hydrogens is 444 g/mol. The first kappa shape index (κ1) is 23.7. The summed E-state index contributed by atoms with van der Waals surface area (Å²) in [7, 11) is 0. The number of H-pyrrole nitrogens is 1. The Kier molecular flexibility index (Phi) is 7.51. The number of benzene rings is 2. The predicted octanol–water partition coefficient (Wildman–Crippen LogP) is 2.72. The van der Waals surface area contributed by atoms with Crippen molar-refractivity contribution >= 4 is 34.5 Å². The van der Waals surface area contributed by atoms with Crippen LogP contribution in [0.1, 0.15) is 23.1 Å². The number of anilines is 2. The highest BCUT2D eigenvalue weighted by Crippen LogP contribution is 2.20. The Morgan fingerprint density at radius 1 is 0.829 bits per heavy atom. The molecule has 2 aromatic heterocycles. The number of aromatic nitrogens is 4. The van der Waals surface area contributed by atoms with Crippen molar-refractivity contribution in [1.29, 1.82) is 0 Å². The van der Waals surface area contributed by atoms with Crippen LogP contribution in [0.3, 0.4) is 0 Å². The van der Waals surface area contributed by atoms with Crippen LogP contribution in [0.15, 0.2) is 54.6 Å². The van der Waals surface area contributed by atoms with Gasteiger partial charge < -0.3 is 26.3 Å². The van der Waals surface area contributed by atoms with Crippen LogP contribution in [0.5, 0.6) is 0 Å². The monoisotopic (exact) mass is 472 g/mol. The Morgan fingerprint density at radius 3 is 2.20 bits per heavy atom. The van der Waals surface area contributed by atoms with E-state index in [9.17, 15) is 9.59 Å². The van der Waals surface area contributed by atoms with Gasteiger partial charge in [-0.1, -0.05) is 30.3 Å². The van der Waals surface area contributed by atoms with E-state index in [0.717, 1.165) is 22.4 Å². The molecule has 0 aliphatic carbocycles. The minimum absolute atomic E-state index is 0.0801. The third-order valence-corrected chi connectivity index (χ3v) is 5.14. The van der Waals surface area contributed by atoms with Crippen molar-refractivity contribution < 1.29 is 9.59 Å². The predicted molar refractivity (Wildman–Crippen MR) is 136 cm³/mol. The van der Waals surface area contributed by atoms with Gasteiger partial charge in [0.05, 0.1) is 11.0 Å². The smallest absolute Gasteiger partial charge is 0.251 e. The Labute approximate surface area is 203 Å². The summed E-state index contributed by atoms with van der Waals surface area (Å²) in [4.78, 5) is 40.3. The van der Waals surface area contributed by atoms with Gasteiger partial charge in [-0.2, -0.15) is 0 Å². The number of hydrogen-bond acceptors (Lipinski definition) is 7. The molecule has 2 heterocycles. The lowest BCUT2D eigenvalue weighted by Gasteiger charge is -2.12. The quantitative estimate of drug-likeness (QED) is 0.224. The van der Waals surface area contributed by atoms with E-state index in [-0.39, 0.29) is 11.8 Å².